The first-order valence-corrected chi connectivity index (χ1v) is 7.84. The zero-order valence-electron chi connectivity index (χ0n) is 12.0. The lowest BCUT2D eigenvalue weighted by atomic mass is 9.78. The van der Waals surface area contributed by atoms with E-state index in [0.29, 0.717) is 19.0 Å². The Balaban J connectivity index is 1.83. The summed E-state index contributed by atoms with van der Waals surface area (Å²) in [6.45, 7) is 1.07. The van der Waals surface area contributed by atoms with E-state index in [2.05, 4.69) is 5.32 Å². The van der Waals surface area contributed by atoms with Crippen LogP contribution in [0, 0.1) is 23.7 Å². The van der Waals surface area contributed by atoms with Crippen molar-refractivity contribution in [1.82, 2.24) is 5.32 Å². The van der Waals surface area contributed by atoms with Crippen LogP contribution in [0.5, 0.6) is 0 Å². The van der Waals surface area contributed by atoms with Crippen LogP contribution in [0.15, 0.2) is 0 Å². The van der Waals surface area contributed by atoms with Gasteiger partial charge in [0.25, 0.3) is 0 Å². The molecule has 2 saturated carbocycles. The van der Waals surface area contributed by atoms with Gasteiger partial charge < -0.3 is 16.2 Å². The van der Waals surface area contributed by atoms with Crippen molar-refractivity contribution in [1.29, 1.82) is 0 Å². The van der Waals surface area contributed by atoms with Gasteiger partial charge in [-0.05, 0) is 44.1 Å². The second kappa shape index (κ2) is 7.07. The van der Waals surface area contributed by atoms with E-state index >= 15 is 0 Å². The Hall–Kier alpha value is -1.10. The molecule has 0 heterocycles. The summed E-state index contributed by atoms with van der Waals surface area (Å²) in [7, 11) is 0. The summed E-state index contributed by atoms with van der Waals surface area (Å²) in [5.74, 6) is -0.514. The molecule has 1 amide bonds. The molecule has 114 valence electrons. The van der Waals surface area contributed by atoms with Crippen LogP contribution in [0.25, 0.3) is 0 Å². The summed E-state index contributed by atoms with van der Waals surface area (Å²) < 4.78 is 0. The minimum absolute atomic E-state index is 0.0263. The Bertz CT molecular complexity index is 359. The van der Waals surface area contributed by atoms with E-state index in [1.807, 2.05) is 0 Å². The minimum atomic E-state index is -0.723. The van der Waals surface area contributed by atoms with E-state index in [1.54, 1.807) is 0 Å². The lowest BCUT2D eigenvalue weighted by Crippen LogP contribution is -2.42. The van der Waals surface area contributed by atoms with Gasteiger partial charge in [-0.3, -0.25) is 9.59 Å². The molecule has 2 fully saturated rings. The van der Waals surface area contributed by atoms with Crippen molar-refractivity contribution < 1.29 is 14.7 Å². The zero-order valence-corrected chi connectivity index (χ0v) is 12.0. The molecule has 2 aliphatic rings. The molecule has 4 atom stereocenters. The number of nitrogens with two attached hydrogens (primary N) is 1. The Morgan fingerprint density at radius 2 is 1.65 bits per heavy atom. The molecule has 0 aromatic rings. The normalized spacial score (nSPS) is 33.9. The number of carbonyl (C=O) groups is 2. The average Bonchev–Trinajstić information content (AvgIpc) is 2.93. The molecular weight excluding hydrogens is 256 g/mol. The summed E-state index contributed by atoms with van der Waals surface area (Å²) in [6, 6.07) is 0. The van der Waals surface area contributed by atoms with Gasteiger partial charge in [0.05, 0.1) is 5.92 Å². The molecule has 0 bridgehead atoms. The summed E-state index contributed by atoms with van der Waals surface area (Å²) in [5.41, 5.74) is 5.75. The molecule has 0 aliphatic heterocycles. The number of carboxylic acids is 1. The molecule has 20 heavy (non-hydrogen) atoms. The summed E-state index contributed by atoms with van der Waals surface area (Å²) >= 11 is 0. The highest BCUT2D eigenvalue weighted by Gasteiger charge is 2.34. The minimum Gasteiger partial charge on any atom is -0.481 e. The number of rotatable bonds is 5. The highest BCUT2D eigenvalue weighted by atomic mass is 16.4. The number of carbonyl (C=O) groups excluding carboxylic acids is 1. The molecule has 2 rings (SSSR count). The fourth-order valence-corrected chi connectivity index (χ4v) is 3.80. The van der Waals surface area contributed by atoms with Crippen molar-refractivity contribution in [2.45, 2.75) is 44.9 Å². The summed E-state index contributed by atoms with van der Waals surface area (Å²) in [4.78, 5) is 23.4. The monoisotopic (exact) mass is 282 g/mol. The van der Waals surface area contributed by atoms with Gasteiger partial charge in [0.15, 0.2) is 0 Å². The van der Waals surface area contributed by atoms with Crippen LogP contribution in [-0.4, -0.2) is 30.1 Å². The van der Waals surface area contributed by atoms with Crippen LogP contribution in [0.4, 0.5) is 0 Å². The first-order valence-electron chi connectivity index (χ1n) is 7.84. The van der Waals surface area contributed by atoms with Gasteiger partial charge in [-0.1, -0.05) is 19.3 Å². The van der Waals surface area contributed by atoms with Crippen LogP contribution >= 0.6 is 0 Å². The van der Waals surface area contributed by atoms with E-state index < -0.39 is 5.97 Å². The predicted molar refractivity (Wildman–Crippen MR) is 76.0 cm³/mol. The molecule has 4 unspecified atom stereocenters. The lowest BCUT2D eigenvalue weighted by molar-refractivity contribution is -0.143. The molecule has 0 spiro atoms. The molecule has 0 radical (unpaired) electrons. The number of aliphatic carboxylic acids is 1. The quantitative estimate of drug-likeness (QED) is 0.710. The van der Waals surface area contributed by atoms with E-state index in [9.17, 15) is 9.59 Å². The van der Waals surface area contributed by atoms with Crippen molar-refractivity contribution in [2.75, 3.05) is 13.1 Å². The number of nitrogens with one attached hydrogen (secondary N) is 1. The number of carboxylic acid groups (broad SMARTS) is 1. The van der Waals surface area contributed by atoms with E-state index in [-0.39, 0.29) is 23.7 Å². The van der Waals surface area contributed by atoms with Gasteiger partial charge in [-0.25, -0.2) is 0 Å². The fourth-order valence-electron chi connectivity index (χ4n) is 3.80. The topological polar surface area (TPSA) is 92.4 Å². The first-order chi connectivity index (χ1) is 9.63. The third kappa shape index (κ3) is 3.51. The summed E-state index contributed by atoms with van der Waals surface area (Å²) in [5, 5.41) is 12.1. The van der Waals surface area contributed by atoms with Crippen LogP contribution in [-0.2, 0) is 9.59 Å². The van der Waals surface area contributed by atoms with Crippen molar-refractivity contribution in [3.63, 3.8) is 0 Å². The van der Waals surface area contributed by atoms with E-state index in [0.717, 1.165) is 44.9 Å². The summed E-state index contributed by atoms with van der Waals surface area (Å²) in [6.07, 6.45) is 6.81. The molecule has 5 nitrogen and oxygen atoms in total. The van der Waals surface area contributed by atoms with Crippen LogP contribution in [0.2, 0.25) is 0 Å². The third-order valence-electron chi connectivity index (χ3n) is 5.06. The van der Waals surface area contributed by atoms with E-state index in [1.165, 1.54) is 0 Å². The van der Waals surface area contributed by atoms with Crippen molar-refractivity contribution >= 4 is 11.9 Å². The highest BCUT2D eigenvalue weighted by molar-refractivity contribution is 5.79. The maximum atomic E-state index is 12.3. The van der Waals surface area contributed by atoms with Gasteiger partial charge in [0, 0.05) is 12.5 Å². The highest BCUT2D eigenvalue weighted by Crippen LogP contribution is 2.32. The first kappa shape index (κ1) is 15.3. The molecule has 4 N–H and O–H groups in total. The van der Waals surface area contributed by atoms with Gasteiger partial charge in [0.2, 0.25) is 5.91 Å². The maximum Gasteiger partial charge on any atom is 0.306 e. The Morgan fingerprint density at radius 3 is 2.35 bits per heavy atom. The largest absolute Gasteiger partial charge is 0.481 e. The second-order valence-corrected chi connectivity index (χ2v) is 6.27. The van der Waals surface area contributed by atoms with Crippen LogP contribution in [0.3, 0.4) is 0 Å². The van der Waals surface area contributed by atoms with Gasteiger partial charge in [-0.2, -0.15) is 0 Å². The SMILES string of the molecule is NCC1CCCCC1C(=O)NCC1CCCC1C(=O)O. The van der Waals surface area contributed by atoms with Crippen LogP contribution < -0.4 is 11.1 Å². The van der Waals surface area contributed by atoms with Gasteiger partial charge in [0.1, 0.15) is 0 Å². The number of amides is 1. The molecule has 0 saturated heterocycles. The molecular formula is C15H26N2O3. The standard InChI is InChI=1S/C15H26N2O3/c16-8-10-4-1-2-6-12(10)14(18)17-9-11-5-3-7-13(11)15(19)20/h10-13H,1-9,16H2,(H,17,18)(H,19,20). The Kier molecular flexibility index (Phi) is 5.40. The third-order valence-corrected chi connectivity index (χ3v) is 5.06. The average molecular weight is 282 g/mol. The van der Waals surface area contributed by atoms with Gasteiger partial charge >= 0.3 is 5.97 Å². The smallest absolute Gasteiger partial charge is 0.306 e. The van der Waals surface area contributed by atoms with Crippen molar-refractivity contribution in [3.05, 3.63) is 0 Å². The van der Waals surface area contributed by atoms with Crippen molar-refractivity contribution in [3.8, 4) is 0 Å². The second-order valence-electron chi connectivity index (χ2n) is 6.27. The van der Waals surface area contributed by atoms with Crippen LogP contribution in [0.1, 0.15) is 44.9 Å². The Labute approximate surface area is 120 Å². The number of hydrogen-bond donors (Lipinski definition) is 3. The molecule has 0 aromatic heterocycles. The fraction of sp³-hybridized carbons (Fsp3) is 0.867. The van der Waals surface area contributed by atoms with Crippen molar-refractivity contribution in [2.24, 2.45) is 29.4 Å². The molecule has 2 aliphatic carbocycles. The zero-order chi connectivity index (χ0) is 14.5. The van der Waals surface area contributed by atoms with Gasteiger partial charge in [-0.15, -0.1) is 0 Å². The molecule has 5 heteroatoms. The van der Waals surface area contributed by atoms with E-state index in [4.69, 9.17) is 10.8 Å². The maximum absolute atomic E-state index is 12.3. The number of hydrogen-bond acceptors (Lipinski definition) is 3. The Morgan fingerprint density at radius 1 is 1.00 bits per heavy atom. The lowest BCUT2D eigenvalue weighted by Gasteiger charge is -2.30. The molecule has 0 aromatic carbocycles. The predicted octanol–water partition coefficient (Wildman–Crippen LogP) is 1.37.